The van der Waals surface area contributed by atoms with Gasteiger partial charge in [-0.15, -0.1) is 0 Å². The molecule has 1 aromatic carbocycles. The molecule has 0 N–H and O–H groups in total. The molecule has 0 amide bonds. The summed E-state index contributed by atoms with van der Waals surface area (Å²) < 4.78 is 0. The Labute approximate surface area is 113 Å². The van der Waals surface area contributed by atoms with Crippen molar-refractivity contribution >= 4 is 28.8 Å². The minimum Gasteiger partial charge on any atom is -0.0976 e. The lowest BCUT2D eigenvalue weighted by Crippen LogP contribution is -1.88. The molecule has 0 aliphatic carbocycles. The summed E-state index contributed by atoms with van der Waals surface area (Å²) in [6, 6.07) is 7.78. The highest BCUT2D eigenvalue weighted by Gasteiger charge is 2.06. The molecule has 90 valence electrons. The number of hydrogen-bond donors (Lipinski definition) is 0. The van der Waals surface area contributed by atoms with Crippen LogP contribution in [-0.2, 0) is 0 Å². The number of rotatable bonds is 4. The highest BCUT2D eigenvalue weighted by Crippen LogP contribution is 2.29. The number of allylic oxidation sites excluding steroid dienone is 5. The summed E-state index contributed by atoms with van der Waals surface area (Å²) in [4.78, 5) is 0. The summed E-state index contributed by atoms with van der Waals surface area (Å²) in [5.74, 6) is 0. The van der Waals surface area contributed by atoms with Crippen molar-refractivity contribution in [1.29, 1.82) is 0 Å². The second-order valence-electron chi connectivity index (χ2n) is 3.76. The Morgan fingerprint density at radius 1 is 1.35 bits per heavy atom. The fourth-order valence-electron chi connectivity index (χ4n) is 1.50. The van der Waals surface area contributed by atoms with Crippen LogP contribution in [-0.4, -0.2) is 0 Å². The Bertz CT molecular complexity index is 468. The maximum Gasteiger partial charge on any atom is 0.0484 e. The smallest absolute Gasteiger partial charge is 0.0484 e. The molecule has 0 nitrogen and oxygen atoms in total. The van der Waals surface area contributed by atoms with Gasteiger partial charge in [-0.05, 0) is 31.1 Å². The molecule has 0 fully saturated rings. The van der Waals surface area contributed by atoms with Gasteiger partial charge in [-0.3, -0.25) is 0 Å². The predicted octanol–water partition coefficient (Wildman–Crippen LogP) is 5.83. The van der Waals surface area contributed by atoms with E-state index in [0.29, 0.717) is 5.03 Å². The molecule has 0 saturated heterocycles. The Hall–Kier alpha value is -0.980. The van der Waals surface area contributed by atoms with E-state index in [-0.39, 0.29) is 0 Å². The third kappa shape index (κ3) is 3.76. The van der Waals surface area contributed by atoms with Crippen LogP contribution in [0.15, 0.2) is 53.6 Å². The van der Waals surface area contributed by atoms with Crippen molar-refractivity contribution < 1.29 is 0 Å². The molecular weight excluding hydrogens is 251 g/mol. The van der Waals surface area contributed by atoms with Crippen LogP contribution in [0.25, 0.3) is 5.57 Å². The van der Waals surface area contributed by atoms with E-state index >= 15 is 0 Å². The van der Waals surface area contributed by atoms with E-state index < -0.39 is 0 Å². The van der Waals surface area contributed by atoms with Crippen LogP contribution in [0.2, 0.25) is 5.02 Å². The molecule has 0 aliphatic rings. The van der Waals surface area contributed by atoms with E-state index in [0.717, 1.165) is 22.6 Å². The van der Waals surface area contributed by atoms with E-state index in [4.69, 9.17) is 23.2 Å². The molecule has 0 unspecified atom stereocenters. The van der Waals surface area contributed by atoms with Gasteiger partial charge in [-0.2, -0.15) is 0 Å². The van der Waals surface area contributed by atoms with Crippen LogP contribution in [0.3, 0.4) is 0 Å². The zero-order valence-corrected chi connectivity index (χ0v) is 11.6. The predicted molar refractivity (Wildman–Crippen MR) is 78.5 cm³/mol. The van der Waals surface area contributed by atoms with Crippen LogP contribution >= 0.6 is 23.2 Å². The lowest BCUT2D eigenvalue weighted by atomic mass is 9.98. The molecule has 0 saturated carbocycles. The molecule has 1 rings (SSSR count). The zero-order chi connectivity index (χ0) is 12.8. The van der Waals surface area contributed by atoms with Gasteiger partial charge in [0, 0.05) is 15.6 Å². The Morgan fingerprint density at radius 3 is 2.53 bits per heavy atom. The van der Waals surface area contributed by atoms with Gasteiger partial charge in [-0.25, -0.2) is 0 Å². The highest BCUT2D eigenvalue weighted by molar-refractivity contribution is 6.33. The summed E-state index contributed by atoms with van der Waals surface area (Å²) in [6.07, 6.45) is 4.49. The summed E-state index contributed by atoms with van der Waals surface area (Å²) in [6.45, 7) is 7.86. The van der Waals surface area contributed by atoms with Gasteiger partial charge in [0.05, 0.1) is 0 Å². The van der Waals surface area contributed by atoms with Gasteiger partial charge in [0.1, 0.15) is 0 Å². The Morgan fingerprint density at radius 2 is 2.00 bits per heavy atom. The Balaban J connectivity index is 3.37. The highest BCUT2D eigenvalue weighted by atomic mass is 35.5. The van der Waals surface area contributed by atoms with Gasteiger partial charge >= 0.3 is 0 Å². The van der Waals surface area contributed by atoms with Crippen molar-refractivity contribution in [3.05, 3.63) is 64.2 Å². The Kier molecular flexibility index (Phi) is 5.54. The largest absolute Gasteiger partial charge is 0.0976 e. The number of hydrogen-bond acceptors (Lipinski definition) is 0. The summed E-state index contributed by atoms with van der Waals surface area (Å²) in [5.41, 5.74) is 3.33. The normalized spacial score (nSPS) is 13.3. The van der Waals surface area contributed by atoms with Gasteiger partial charge in [0.2, 0.25) is 0 Å². The van der Waals surface area contributed by atoms with Crippen molar-refractivity contribution in [2.24, 2.45) is 0 Å². The van der Waals surface area contributed by atoms with Crippen LogP contribution in [0.5, 0.6) is 0 Å². The first kappa shape index (κ1) is 14.1. The fourth-order valence-corrected chi connectivity index (χ4v) is 1.84. The van der Waals surface area contributed by atoms with Gasteiger partial charge in [-0.1, -0.05) is 66.6 Å². The maximum absolute atomic E-state index is 6.21. The third-order valence-electron chi connectivity index (χ3n) is 2.63. The first-order chi connectivity index (χ1) is 8.10. The summed E-state index contributed by atoms with van der Waals surface area (Å²) in [7, 11) is 0. The fraction of sp³-hybridized carbons (Fsp3) is 0.200. The first-order valence-corrected chi connectivity index (χ1v) is 6.30. The van der Waals surface area contributed by atoms with Gasteiger partial charge < -0.3 is 0 Å². The molecular formula is C15H16Cl2. The quantitative estimate of drug-likeness (QED) is 0.602. The first-order valence-electron chi connectivity index (χ1n) is 5.54. The lowest BCUT2D eigenvalue weighted by molar-refractivity contribution is 1.10. The molecule has 0 atom stereocenters. The van der Waals surface area contributed by atoms with Crippen molar-refractivity contribution in [2.75, 3.05) is 0 Å². The molecule has 1 aromatic rings. The molecule has 0 spiro atoms. The molecule has 0 bridgehead atoms. The van der Waals surface area contributed by atoms with Crippen LogP contribution in [0, 0.1) is 0 Å². The molecule has 0 heterocycles. The molecule has 0 radical (unpaired) electrons. The van der Waals surface area contributed by atoms with Crippen molar-refractivity contribution in [2.45, 2.75) is 20.3 Å². The second-order valence-corrected chi connectivity index (χ2v) is 4.60. The second kappa shape index (κ2) is 6.68. The zero-order valence-electron chi connectivity index (χ0n) is 10.1. The molecule has 0 aromatic heterocycles. The molecule has 17 heavy (non-hydrogen) atoms. The van der Waals surface area contributed by atoms with Crippen LogP contribution < -0.4 is 0 Å². The standard InChI is InChI=1S/C15H16Cl2/c1-4-11(3)14(10-12(16)5-2)13-8-6-7-9-15(13)17/h5-10H,2,4H2,1,3H3. The third-order valence-corrected chi connectivity index (χ3v) is 3.22. The lowest BCUT2D eigenvalue weighted by Gasteiger charge is -2.10. The van der Waals surface area contributed by atoms with E-state index in [1.54, 1.807) is 6.08 Å². The van der Waals surface area contributed by atoms with E-state index in [2.05, 4.69) is 20.4 Å². The molecule has 2 heteroatoms. The average Bonchev–Trinajstić information content (AvgIpc) is 2.35. The summed E-state index contributed by atoms with van der Waals surface area (Å²) in [5, 5.41) is 1.35. The van der Waals surface area contributed by atoms with Crippen molar-refractivity contribution in [3.8, 4) is 0 Å². The van der Waals surface area contributed by atoms with Crippen molar-refractivity contribution in [3.63, 3.8) is 0 Å². The summed E-state index contributed by atoms with van der Waals surface area (Å²) >= 11 is 12.2. The average molecular weight is 267 g/mol. The maximum atomic E-state index is 6.21. The molecule has 0 aliphatic heterocycles. The van der Waals surface area contributed by atoms with E-state index in [1.807, 2.05) is 30.3 Å². The number of halogens is 2. The minimum atomic E-state index is 0.618. The minimum absolute atomic E-state index is 0.618. The van der Waals surface area contributed by atoms with Gasteiger partial charge in [0.25, 0.3) is 0 Å². The number of benzene rings is 1. The van der Waals surface area contributed by atoms with Crippen LogP contribution in [0.1, 0.15) is 25.8 Å². The van der Waals surface area contributed by atoms with Gasteiger partial charge in [0.15, 0.2) is 0 Å². The van der Waals surface area contributed by atoms with E-state index in [1.165, 1.54) is 5.57 Å². The topological polar surface area (TPSA) is 0 Å². The van der Waals surface area contributed by atoms with Crippen LogP contribution in [0.4, 0.5) is 0 Å². The SMILES string of the molecule is C=CC(Cl)=CC(=C(C)CC)c1ccccc1Cl. The monoisotopic (exact) mass is 266 g/mol. The van der Waals surface area contributed by atoms with Crippen molar-refractivity contribution in [1.82, 2.24) is 0 Å². The van der Waals surface area contributed by atoms with E-state index in [9.17, 15) is 0 Å².